The Hall–Kier alpha value is -2.05. The van der Waals surface area contributed by atoms with Crippen LogP contribution in [0.5, 0.6) is 0 Å². The lowest BCUT2D eigenvalue weighted by Crippen LogP contribution is -2.49. The van der Waals surface area contributed by atoms with Crippen molar-refractivity contribution in [1.29, 1.82) is 0 Å². The van der Waals surface area contributed by atoms with Gasteiger partial charge < -0.3 is 19.9 Å². The lowest BCUT2D eigenvalue weighted by molar-refractivity contribution is 0.105. The van der Waals surface area contributed by atoms with E-state index in [4.69, 9.17) is 4.74 Å². The fraction of sp³-hybridized carbons (Fsp3) is 0.688. The van der Waals surface area contributed by atoms with E-state index in [-0.39, 0.29) is 6.09 Å². The number of anilines is 2. The van der Waals surface area contributed by atoms with Gasteiger partial charge in [-0.3, -0.25) is 0 Å². The van der Waals surface area contributed by atoms with Crippen molar-refractivity contribution >= 4 is 17.9 Å². The lowest BCUT2D eigenvalue weighted by Gasteiger charge is -2.34. The number of aromatic nitrogens is 2. The van der Waals surface area contributed by atoms with Crippen LogP contribution in [0.3, 0.4) is 0 Å². The lowest BCUT2D eigenvalue weighted by atomic mass is 10.2. The van der Waals surface area contributed by atoms with Gasteiger partial charge in [0.15, 0.2) is 0 Å². The number of carbonyl (C=O) groups excluding carboxylic acids is 1. The van der Waals surface area contributed by atoms with Crippen LogP contribution in [0.25, 0.3) is 0 Å². The van der Waals surface area contributed by atoms with Gasteiger partial charge in [-0.05, 0) is 25.8 Å². The molecule has 1 saturated heterocycles. The highest BCUT2D eigenvalue weighted by molar-refractivity contribution is 5.68. The summed E-state index contributed by atoms with van der Waals surface area (Å²) in [5.41, 5.74) is 0. The maximum atomic E-state index is 11.7. The molecule has 1 saturated carbocycles. The predicted molar refractivity (Wildman–Crippen MR) is 88.7 cm³/mol. The standard InChI is InChI=1S/C16H25N5O2/c1-2-23-16(22)21-11-9-20(10-12-21)14-7-8-17-15(19-14)18-13-5-3-4-6-13/h7-8,13H,2-6,9-12H2,1H3,(H,17,18,19). The third-order valence-electron chi connectivity index (χ3n) is 4.46. The molecule has 0 radical (unpaired) electrons. The quantitative estimate of drug-likeness (QED) is 0.916. The number of rotatable bonds is 4. The molecule has 0 atom stereocenters. The molecule has 126 valence electrons. The fourth-order valence-electron chi connectivity index (χ4n) is 3.18. The van der Waals surface area contributed by atoms with Crippen LogP contribution in [-0.2, 0) is 4.74 Å². The zero-order valence-corrected chi connectivity index (χ0v) is 13.7. The minimum Gasteiger partial charge on any atom is -0.450 e. The molecule has 0 bridgehead atoms. The number of carbonyl (C=O) groups is 1. The molecule has 1 aliphatic carbocycles. The van der Waals surface area contributed by atoms with E-state index in [1.807, 2.05) is 13.0 Å². The van der Waals surface area contributed by atoms with Gasteiger partial charge in [-0.1, -0.05) is 12.8 Å². The summed E-state index contributed by atoms with van der Waals surface area (Å²) in [6, 6.07) is 2.44. The van der Waals surface area contributed by atoms with Gasteiger partial charge in [-0.2, -0.15) is 4.98 Å². The molecular formula is C16H25N5O2. The van der Waals surface area contributed by atoms with Crippen molar-refractivity contribution in [3.05, 3.63) is 12.3 Å². The highest BCUT2D eigenvalue weighted by atomic mass is 16.6. The van der Waals surface area contributed by atoms with Gasteiger partial charge in [-0.15, -0.1) is 0 Å². The molecule has 7 heteroatoms. The summed E-state index contributed by atoms with van der Waals surface area (Å²) in [5, 5.41) is 3.43. The normalized spacial score (nSPS) is 19.0. The van der Waals surface area contributed by atoms with Gasteiger partial charge in [-0.25, -0.2) is 9.78 Å². The number of nitrogens with one attached hydrogen (secondary N) is 1. The Morgan fingerprint density at radius 1 is 1.30 bits per heavy atom. The number of ether oxygens (including phenoxy) is 1. The van der Waals surface area contributed by atoms with Crippen LogP contribution in [0.4, 0.5) is 16.6 Å². The molecule has 3 rings (SSSR count). The Morgan fingerprint density at radius 2 is 2.04 bits per heavy atom. The monoisotopic (exact) mass is 319 g/mol. The number of amides is 1. The SMILES string of the molecule is CCOC(=O)N1CCN(c2ccnc(NC3CCCC3)n2)CC1. The van der Waals surface area contributed by atoms with E-state index in [0.717, 1.165) is 18.9 Å². The van der Waals surface area contributed by atoms with E-state index in [1.165, 1.54) is 25.7 Å². The topological polar surface area (TPSA) is 70.6 Å². The molecule has 2 fully saturated rings. The zero-order valence-electron chi connectivity index (χ0n) is 13.7. The van der Waals surface area contributed by atoms with Gasteiger partial charge in [0, 0.05) is 38.4 Å². The van der Waals surface area contributed by atoms with Crippen LogP contribution < -0.4 is 10.2 Å². The maximum Gasteiger partial charge on any atom is 0.409 e. The molecular weight excluding hydrogens is 294 g/mol. The minimum atomic E-state index is -0.224. The first kappa shape index (κ1) is 15.8. The molecule has 1 aromatic rings. The summed E-state index contributed by atoms with van der Waals surface area (Å²) < 4.78 is 5.05. The van der Waals surface area contributed by atoms with E-state index in [1.54, 1.807) is 11.1 Å². The first-order valence-corrected chi connectivity index (χ1v) is 8.52. The molecule has 2 aliphatic rings. The van der Waals surface area contributed by atoms with Gasteiger partial charge in [0.05, 0.1) is 6.61 Å². The zero-order chi connectivity index (χ0) is 16.1. The summed E-state index contributed by atoms with van der Waals surface area (Å²) in [6.07, 6.45) is 6.55. The Labute approximate surface area is 137 Å². The van der Waals surface area contributed by atoms with Gasteiger partial charge in [0.1, 0.15) is 5.82 Å². The van der Waals surface area contributed by atoms with E-state index >= 15 is 0 Å². The van der Waals surface area contributed by atoms with Crippen molar-refractivity contribution in [3.8, 4) is 0 Å². The Balaban J connectivity index is 1.56. The molecule has 1 amide bonds. The first-order valence-electron chi connectivity index (χ1n) is 8.52. The number of hydrogen-bond acceptors (Lipinski definition) is 6. The maximum absolute atomic E-state index is 11.7. The minimum absolute atomic E-state index is 0.224. The Bertz CT molecular complexity index is 525. The van der Waals surface area contributed by atoms with Crippen LogP contribution in [0.1, 0.15) is 32.6 Å². The number of hydrogen-bond donors (Lipinski definition) is 1. The molecule has 23 heavy (non-hydrogen) atoms. The second kappa shape index (κ2) is 7.48. The largest absolute Gasteiger partial charge is 0.450 e. The van der Waals surface area contributed by atoms with E-state index in [2.05, 4.69) is 20.2 Å². The second-order valence-electron chi connectivity index (χ2n) is 6.04. The van der Waals surface area contributed by atoms with Crippen molar-refractivity contribution in [3.63, 3.8) is 0 Å². The molecule has 1 N–H and O–H groups in total. The molecule has 2 heterocycles. The van der Waals surface area contributed by atoms with Crippen molar-refractivity contribution in [2.75, 3.05) is 43.0 Å². The summed E-state index contributed by atoms with van der Waals surface area (Å²) in [6.45, 7) is 5.09. The molecule has 0 spiro atoms. The van der Waals surface area contributed by atoms with E-state index < -0.39 is 0 Å². The fourth-order valence-corrected chi connectivity index (χ4v) is 3.18. The molecule has 0 aromatic carbocycles. The Morgan fingerprint density at radius 3 is 2.74 bits per heavy atom. The van der Waals surface area contributed by atoms with Gasteiger partial charge >= 0.3 is 6.09 Å². The average molecular weight is 319 g/mol. The summed E-state index contributed by atoms with van der Waals surface area (Å²) in [5.74, 6) is 1.63. The molecule has 7 nitrogen and oxygen atoms in total. The van der Waals surface area contributed by atoms with Crippen molar-refractivity contribution < 1.29 is 9.53 Å². The third-order valence-corrected chi connectivity index (χ3v) is 4.46. The van der Waals surface area contributed by atoms with E-state index in [0.29, 0.717) is 31.7 Å². The van der Waals surface area contributed by atoms with Gasteiger partial charge in [0.25, 0.3) is 0 Å². The summed E-state index contributed by atoms with van der Waals surface area (Å²) >= 11 is 0. The smallest absolute Gasteiger partial charge is 0.409 e. The summed E-state index contributed by atoms with van der Waals surface area (Å²) in [4.78, 5) is 24.6. The van der Waals surface area contributed by atoms with Crippen LogP contribution in [0.2, 0.25) is 0 Å². The van der Waals surface area contributed by atoms with Crippen molar-refractivity contribution in [2.45, 2.75) is 38.6 Å². The van der Waals surface area contributed by atoms with Crippen LogP contribution in [-0.4, -0.2) is 59.8 Å². The van der Waals surface area contributed by atoms with Gasteiger partial charge in [0.2, 0.25) is 5.95 Å². The molecule has 1 aliphatic heterocycles. The highest BCUT2D eigenvalue weighted by Crippen LogP contribution is 2.22. The first-order chi connectivity index (χ1) is 11.3. The summed E-state index contributed by atoms with van der Waals surface area (Å²) in [7, 11) is 0. The average Bonchev–Trinajstić information content (AvgIpc) is 3.08. The second-order valence-corrected chi connectivity index (χ2v) is 6.04. The molecule has 0 unspecified atom stereocenters. The van der Waals surface area contributed by atoms with Crippen LogP contribution in [0, 0.1) is 0 Å². The number of nitrogens with zero attached hydrogens (tertiary/aromatic N) is 4. The highest BCUT2D eigenvalue weighted by Gasteiger charge is 2.23. The van der Waals surface area contributed by atoms with Crippen molar-refractivity contribution in [1.82, 2.24) is 14.9 Å². The predicted octanol–water partition coefficient (Wildman–Crippen LogP) is 2.11. The third kappa shape index (κ3) is 4.03. The van der Waals surface area contributed by atoms with Crippen LogP contribution in [0.15, 0.2) is 12.3 Å². The van der Waals surface area contributed by atoms with Crippen LogP contribution >= 0.6 is 0 Å². The van der Waals surface area contributed by atoms with Crippen molar-refractivity contribution in [2.24, 2.45) is 0 Å². The molecule has 1 aromatic heterocycles. The Kier molecular flexibility index (Phi) is 5.15. The van der Waals surface area contributed by atoms with E-state index in [9.17, 15) is 4.79 Å². The number of piperazine rings is 1.